The lowest BCUT2D eigenvalue weighted by Crippen LogP contribution is -2.08. The van der Waals surface area contributed by atoms with Crippen LogP contribution in [0, 0.1) is 6.92 Å². The monoisotopic (exact) mass is 235 g/mol. The van der Waals surface area contributed by atoms with Gasteiger partial charge in [0, 0.05) is 7.05 Å². The van der Waals surface area contributed by atoms with E-state index in [0.29, 0.717) is 6.54 Å². The Labute approximate surface area is 98.0 Å². The first-order valence-corrected chi connectivity index (χ1v) is 5.07. The van der Waals surface area contributed by atoms with Crippen LogP contribution in [0.2, 0.25) is 0 Å². The molecular weight excluding hydrogens is 222 g/mol. The molecule has 2 aromatic rings. The van der Waals surface area contributed by atoms with E-state index in [1.54, 1.807) is 9.36 Å². The van der Waals surface area contributed by atoms with E-state index in [4.69, 9.17) is 0 Å². The molecule has 0 fully saturated rings. The molecule has 0 spiro atoms. The Hall–Kier alpha value is -2.18. The predicted molar refractivity (Wildman–Crippen MR) is 58.4 cm³/mol. The zero-order valence-electron chi connectivity index (χ0n) is 9.91. The van der Waals surface area contributed by atoms with Gasteiger partial charge in [0.05, 0.1) is 25.0 Å². The summed E-state index contributed by atoms with van der Waals surface area (Å²) >= 11 is 0. The van der Waals surface area contributed by atoms with E-state index in [2.05, 4.69) is 19.9 Å². The third kappa shape index (κ3) is 2.32. The number of aryl methyl sites for hydroxylation is 2. The number of esters is 1. The molecule has 0 aliphatic rings. The number of carbonyl (C=O) groups is 1. The minimum Gasteiger partial charge on any atom is -0.463 e. The second kappa shape index (κ2) is 4.36. The van der Waals surface area contributed by atoms with E-state index < -0.39 is 5.97 Å². The van der Waals surface area contributed by atoms with Gasteiger partial charge in [-0.2, -0.15) is 5.10 Å². The average molecular weight is 235 g/mol. The highest BCUT2D eigenvalue weighted by Crippen LogP contribution is 2.04. The summed E-state index contributed by atoms with van der Waals surface area (Å²) in [4.78, 5) is 15.0. The van der Waals surface area contributed by atoms with Crippen LogP contribution in [0.1, 0.15) is 22.0 Å². The van der Waals surface area contributed by atoms with Gasteiger partial charge in [0.15, 0.2) is 0 Å². The first-order chi connectivity index (χ1) is 8.10. The number of methoxy groups -OCH3 is 1. The molecule has 0 unspecified atom stereocenters. The fourth-order valence-corrected chi connectivity index (χ4v) is 1.53. The highest BCUT2D eigenvalue weighted by atomic mass is 16.5. The van der Waals surface area contributed by atoms with Gasteiger partial charge >= 0.3 is 5.97 Å². The number of ether oxygens (including phenoxy) is 1. The van der Waals surface area contributed by atoms with Gasteiger partial charge in [-0.1, -0.05) is 0 Å². The maximum absolute atomic E-state index is 11.2. The largest absolute Gasteiger partial charge is 0.463 e. The van der Waals surface area contributed by atoms with Gasteiger partial charge in [-0.3, -0.25) is 4.68 Å². The van der Waals surface area contributed by atoms with E-state index >= 15 is 0 Å². The molecule has 17 heavy (non-hydrogen) atoms. The molecular formula is C10H13N5O2. The van der Waals surface area contributed by atoms with Crippen LogP contribution < -0.4 is 0 Å². The summed E-state index contributed by atoms with van der Waals surface area (Å²) in [7, 11) is 3.16. The molecule has 90 valence electrons. The minimum absolute atomic E-state index is 0.0615. The molecule has 7 heteroatoms. The highest BCUT2D eigenvalue weighted by Gasteiger charge is 2.12. The second-order valence-corrected chi connectivity index (χ2v) is 3.66. The zero-order valence-corrected chi connectivity index (χ0v) is 9.91. The van der Waals surface area contributed by atoms with Crippen molar-refractivity contribution in [3.63, 3.8) is 0 Å². The minimum atomic E-state index is -0.537. The van der Waals surface area contributed by atoms with Crippen molar-refractivity contribution in [2.24, 2.45) is 7.05 Å². The molecule has 0 saturated carbocycles. The van der Waals surface area contributed by atoms with E-state index in [1.165, 1.54) is 13.4 Å². The number of nitrogens with zero attached hydrogens (tertiary/aromatic N) is 5. The average Bonchev–Trinajstić information content (AvgIpc) is 2.86. The Morgan fingerprint density at radius 1 is 1.47 bits per heavy atom. The van der Waals surface area contributed by atoms with E-state index in [-0.39, 0.29) is 5.82 Å². The van der Waals surface area contributed by atoms with E-state index in [9.17, 15) is 4.79 Å². The van der Waals surface area contributed by atoms with Gasteiger partial charge in [-0.15, -0.1) is 5.10 Å². The van der Waals surface area contributed by atoms with Crippen molar-refractivity contribution >= 4 is 5.97 Å². The number of carbonyl (C=O) groups excluding carboxylic acids is 1. The van der Waals surface area contributed by atoms with E-state index in [0.717, 1.165) is 11.4 Å². The number of rotatable bonds is 3. The number of aromatic nitrogens is 5. The molecule has 7 nitrogen and oxygen atoms in total. The van der Waals surface area contributed by atoms with Crippen molar-refractivity contribution in [1.29, 1.82) is 0 Å². The van der Waals surface area contributed by atoms with Gasteiger partial charge in [0.1, 0.15) is 6.33 Å². The predicted octanol–water partition coefficient (Wildman–Crippen LogP) is 0.155. The molecule has 0 saturated heterocycles. The van der Waals surface area contributed by atoms with Crippen molar-refractivity contribution < 1.29 is 9.53 Å². The highest BCUT2D eigenvalue weighted by molar-refractivity contribution is 5.84. The van der Waals surface area contributed by atoms with E-state index in [1.807, 2.05) is 20.0 Å². The van der Waals surface area contributed by atoms with Crippen molar-refractivity contribution in [2.45, 2.75) is 13.5 Å². The van der Waals surface area contributed by atoms with Crippen molar-refractivity contribution in [3.05, 3.63) is 29.6 Å². The maximum atomic E-state index is 11.2. The fraction of sp³-hybridized carbons (Fsp3) is 0.400. The van der Waals surface area contributed by atoms with Gasteiger partial charge < -0.3 is 4.74 Å². The third-order valence-electron chi connectivity index (χ3n) is 2.33. The SMILES string of the molecule is COC(=O)c1ncn(Cc2cc(C)nn2C)n1. The molecule has 2 heterocycles. The summed E-state index contributed by atoms with van der Waals surface area (Å²) in [5, 5.41) is 8.25. The van der Waals surface area contributed by atoms with Crippen molar-refractivity contribution in [1.82, 2.24) is 24.5 Å². The Kier molecular flexibility index (Phi) is 2.90. The van der Waals surface area contributed by atoms with Crippen molar-refractivity contribution in [2.75, 3.05) is 7.11 Å². The van der Waals surface area contributed by atoms with Crippen LogP contribution in [-0.2, 0) is 18.3 Å². The molecule has 0 bridgehead atoms. The summed E-state index contributed by atoms with van der Waals surface area (Å²) < 4.78 is 7.88. The molecule has 0 N–H and O–H groups in total. The Morgan fingerprint density at radius 3 is 2.82 bits per heavy atom. The van der Waals surface area contributed by atoms with Gasteiger partial charge in [-0.25, -0.2) is 14.5 Å². The molecule has 0 aliphatic carbocycles. The molecule has 2 aromatic heterocycles. The van der Waals surface area contributed by atoms with Crippen LogP contribution in [0.3, 0.4) is 0 Å². The molecule has 0 atom stereocenters. The van der Waals surface area contributed by atoms with Crippen LogP contribution >= 0.6 is 0 Å². The lowest BCUT2D eigenvalue weighted by Gasteiger charge is -2.00. The first kappa shape index (κ1) is 11.3. The van der Waals surface area contributed by atoms with Gasteiger partial charge in [0.2, 0.25) is 0 Å². The van der Waals surface area contributed by atoms with Crippen LogP contribution in [0.5, 0.6) is 0 Å². The van der Waals surface area contributed by atoms with Crippen LogP contribution in [0.25, 0.3) is 0 Å². The van der Waals surface area contributed by atoms with Crippen LogP contribution in [-0.4, -0.2) is 37.6 Å². The second-order valence-electron chi connectivity index (χ2n) is 3.66. The van der Waals surface area contributed by atoms with Gasteiger partial charge in [0.25, 0.3) is 5.82 Å². The quantitative estimate of drug-likeness (QED) is 0.708. The first-order valence-electron chi connectivity index (χ1n) is 5.07. The summed E-state index contributed by atoms with van der Waals surface area (Å²) in [6.07, 6.45) is 1.49. The smallest absolute Gasteiger partial charge is 0.377 e. The number of hydrogen-bond donors (Lipinski definition) is 0. The molecule has 0 radical (unpaired) electrons. The van der Waals surface area contributed by atoms with Crippen molar-refractivity contribution in [3.8, 4) is 0 Å². The Balaban J connectivity index is 2.17. The number of hydrogen-bond acceptors (Lipinski definition) is 5. The Morgan fingerprint density at radius 2 is 2.24 bits per heavy atom. The normalized spacial score (nSPS) is 10.5. The van der Waals surface area contributed by atoms with Crippen LogP contribution in [0.15, 0.2) is 12.4 Å². The lowest BCUT2D eigenvalue weighted by molar-refractivity contribution is 0.0586. The lowest BCUT2D eigenvalue weighted by atomic mass is 10.4. The summed E-state index contributed by atoms with van der Waals surface area (Å²) in [6, 6.07) is 1.96. The topological polar surface area (TPSA) is 74.8 Å². The van der Waals surface area contributed by atoms with Gasteiger partial charge in [-0.05, 0) is 13.0 Å². The molecule has 0 amide bonds. The maximum Gasteiger partial charge on any atom is 0.377 e. The molecule has 0 aromatic carbocycles. The summed E-state index contributed by atoms with van der Waals surface area (Å²) in [6.45, 7) is 2.44. The zero-order chi connectivity index (χ0) is 12.4. The van der Waals surface area contributed by atoms with Crippen LogP contribution in [0.4, 0.5) is 0 Å². The Bertz CT molecular complexity index is 543. The summed E-state index contributed by atoms with van der Waals surface area (Å²) in [5.74, 6) is -0.476. The molecule has 0 aliphatic heterocycles. The summed E-state index contributed by atoms with van der Waals surface area (Å²) in [5.41, 5.74) is 1.93. The third-order valence-corrected chi connectivity index (χ3v) is 2.33. The molecule has 2 rings (SSSR count). The standard InChI is InChI=1S/C10H13N5O2/c1-7-4-8(14(2)12-7)5-15-6-11-9(13-15)10(16)17-3/h4,6H,5H2,1-3H3. The fourth-order valence-electron chi connectivity index (χ4n) is 1.53.